The molecule has 0 atom stereocenters. The van der Waals surface area contributed by atoms with Gasteiger partial charge in [0.1, 0.15) is 11.6 Å². The summed E-state index contributed by atoms with van der Waals surface area (Å²) in [5.41, 5.74) is 3.28. The van der Waals surface area contributed by atoms with Gasteiger partial charge in [0.15, 0.2) is 6.61 Å². The van der Waals surface area contributed by atoms with E-state index in [-0.39, 0.29) is 12.5 Å². The van der Waals surface area contributed by atoms with Crippen LogP contribution in [0.5, 0.6) is 5.75 Å². The second kappa shape index (κ2) is 8.54. The lowest BCUT2D eigenvalue weighted by atomic mass is 10.0. The van der Waals surface area contributed by atoms with Crippen molar-refractivity contribution in [3.8, 4) is 11.4 Å². The predicted octanol–water partition coefficient (Wildman–Crippen LogP) is 4.00. The molecule has 0 fully saturated rings. The Labute approximate surface area is 160 Å². The molecule has 5 heteroatoms. The van der Waals surface area contributed by atoms with Crippen molar-refractivity contribution in [1.29, 1.82) is 0 Å². The summed E-state index contributed by atoms with van der Waals surface area (Å²) in [6.07, 6.45) is 3.68. The maximum atomic E-state index is 12.2. The first-order chi connectivity index (χ1) is 13.0. The molecule has 5 nitrogen and oxygen atoms in total. The van der Waals surface area contributed by atoms with Crippen LogP contribution in [0.4, 0.5) is 0 Å². The number of aryl methyl sites for hydroxylation is 1. The standard InChI is InChI=1S/C22H25N3O2/c1-16(2)18-8-10-20(11-9-18)27-15-22(26)24-14-19-6-4-5-7-21(19)25-13-12-23-17(25)3/h4-13,16H,14-15H2,1-3H3,(H,24,26). The third kappa shape index (κ3) is 4.76. The van der Waals surface area contributed by atoms with Crippen LogP contribution in [0, 0.1) is 6.92 Å². The van der Waals surface area contributed by atoms with E-state index in [1.54, 1.807) is 6.20 Å². The number of benzene rings is 2. The quantitative estimate of drug-likeness (QED) is 0.690. The molecule has 2 aromatic carbocycles. The Hall–Kier alpha value is -3.08. The highest BCUT2D eigenvalue weighted by Gasteiger charge is 2.09. The Balaban J connectivity index is 1.56. The van der Waals surface area contributed by atoms with Gasteiger partial charge in [0.2, 0.25) is 0 Å². The maximum Gasteiger partial charge on any atom is 0.258 e. The lowest BCUT2D eigenvalue weighted by Crippen LogP contribution is -2.28. The molecule has 0 saturated carbocycles. The largest absolute Gasteiger partial charge is 0.484 e. The van der Waals surface area contributed by atoms with Crippen LogP contribution >= 0.6 is 0 Å². The minimum absolute atomic E-state index is 0.00665. The van der Waals surface area contributed by atoms with Crippen LogP contribution in [0.2, 0.25) is 0 Å². The van der Waals surface area contributed by atoms with Gasteiger partial charge in [-0.15, -0.1) is 0 Å². The topological polar surface area (TPSA) is 56.2 Å². The molecule has 1 aromatic heterocycles. The number of carbonyl (C=O) groups excluding carboxylic acids is 1. The summed E-state index contributed by atoms with van der Waals surface area (Å²) < 4.78 is 7.59. The molecular formula is C22H25N3O2. The van der Waals surface area contributed by atoms with Crippen LogP contribution in [0.25, 0.3) is 5.69 Å². The fourth-order valence-electron chi connectivity index (χ4n) is 2.87. The Morgan fingerprint density at radius 1 is 1.15 bits per heavy atom. The van der Waals surface area contributed by atoms with Crippen molar-refractivity contribution in [2.24, 2.45) is 0 Å². The zero-order chi connectivity index (χ0) is 19.2. The number of hydrogen-bond donors (Lipinski definition) is 1. The van der Waals surface area contributed by atoms with Crippen molar-refractivity contribution < 1.29 is 9.53 Å². The Kier molecular flexibility index (Phi) is 5.91. The highest BCUT2D eigenvalue weighted by atomic mass is 16.5. The molecule has 0 bridgehead atoms. The fraction of sp³-hybridized carbons (Fsp3) is 0.273. The molecule has 27 heavy (non-hydrogen) atoms. The third-order valence-corrected chi connectivity index (χ3v) is 4.47. The molecule has 0 saturated heterocycles. The lowest BCUT2D eigenvalue weighted by Gasteiger charge is -2.13. The summed E-state index contributed by atoms with van der Waals surface area (Å²) in [5.74, 6) is 1.92. The van der Waals surface area contributed by atoms with Gasteiger partial charge in [-0.3, -0.25) is 4.79 Å². The number of nitrogens with zero attached hydrogens (tertiary/aromatic N) is 2. The van der Waals surface area contributed by atoms with Crippen LogP contribution in [-0.4, -0.2) is 22.1 Å². The van der Waals surface area contributed by atoms with Gasteiger partial charge >= 0.3 is 0 Å². The molecule has 1 N–H and O–H groups in total. The molecule has 3 aromatic rings. The zero-order valence-corrected chi connectivity index (χ0v) is 16.0. The summed E-state index contributed by atoms with van der Waals surface area (Å²) >= 11 is 0. The smallest absolute Gasteiger partial charge is 0.258 e. The first-order valence-corrected chi connectivity index (χ1v) is 9.12. The third-order valence-electron chi connectivity index (χ3n) is 4.47. The van der Waals surface area contributed by atoms with Gasteiger partial charge < -0.3 is 14.6 Å². The van der Waals surface area contributed by atoms with Crippen molar-refractivity contribution >= 4 is 5.91 Å². The van der Waals surface area contributed by atoms with E-state index >= 15 is 0 Å². The Morgan fingerprint density at radius 2 is 1.89 bits per heavy atom. The number of ether oxygens (including phenoxy) is 1. The molecule has 0 aliphatic rings. The summed E-state index contributed by atoms with van der Waals surface area (Å²) in [5, 5.41) is 2.92. The molecule has 1 amide bonds. The number of aromatic nitrogens is 2. The minimum Gasteiger partial charge on any atom is -0.484 e. The summed E-state index contributed by atoms with van der Waals surface area (Å²) in [7, 11) is 0. The first-order valence-electron chi connectivity index (χ1n) is 9.12. The van der Waals surface area contributed by atoms with Crippen molar-refractivity contribution in [3.63, 3.8) is 0 Å². The molecule has 0 unspecified atom stereocenters. The highest BCUT2D eigenvalue weighted by Crippen LogP contribution is 2.19. The van der Waals surface area contributed by atoms with Crippen molar-refractivity contribution in [2.45, 2.75) is 33.2 Å². The van der Waals surface area contributed by atoms with Crippen molar-refractivity contribution in [3.05, 3.63) is 77.9 Å². The molecule has 0 aliphatic carbocycles. The van der Waals surface area contributed by atoms with Crippen LogP contribution in [0.15, 0.2) is 60.9 Å². The molecule has 1 heterocycles. The molecule has 0 spiro atoms. The number of hydrogen-bond acceptors (Lipinski definition) is 3. The van der Waals surface area contributed by atoms with E-state index in [1.807, 2.05) is 66.2 Å². The number of para-hydroxylation sites is 1. The lowest BCUT2D eigenvalue weighted by molar-refractivity contribution is -0.123. The van der Waals surface area contributed by atoms with Gasteiger partial charge in [-0.05, 0) is 42.2 Å². The van der Waals surface area contributed by atoms with E-state index < -0.39 is 0 Å². The molecule has 0 radical (unpaired) electrons. The average Bonchev–Trinajstić information content (AvgIpc) is 3.11. The van der Waals surface area contributed by atoms with E-state index in [1.165, 1.54) is 5.56 Å². The SMILES string of the molecule is Cc1nccn1-c1ccccc1CNC(=O)COc1ccc(C(C)C)cc1. The van der Waals surface area contributed by atoms with Gasteiger partial charge in [0.05, 0.1) is 5.69 Å². The van der Waals surface area contributed by atoms with Crippen LogP contribution in [0.1, 0.15) is 36.7 Å². The van der Waals surface area contributed by atoms with Gasteiger partial charge in [-0.1, -0.05) is 44.2 Å². The predicted molar refractivity (Wildman–Crippen MR) is 106 cm³/mol. The average molecular weight is 363 g/mol. The summed E-state index contributed by atoms with van der Waals surface area (Å²) in [6.45, 7) is 6.67. The molecule has 140 valence electrons. The number of amides is 1. The van der Waals surface area contributed by atoms with Gasteiger partial charge in [0.25, 0.3) is 5.91 Å². The minimum atomic E-state index is -0.153. The zero-order valence-electron chi connectivity index (χ0n) is 16.0. The number of rotatable bonds is 7. The molecule has 0 aliphatic heterocycles. The van der Waals surface area contributed by atoms with Crippen LogP contribution < -0.4 is 10.1 Å². The van der Waals surface area contributed by atoms with E-state index in [9.17, 15) is 4.79 Å². The van der Waals surface area contributed by atoms with Gasteiger partial charge in [-0.2, -0.15) is 0 Å². The van der Waals surface area contributed by atoms with E-state index in [2.05, 4.69) is 24.1 Å². The normalized spacial score (nSPS) is 10.8. The van der Waals surface area contributed by atoms with Gasteiger partial charge in [-0.25, -0.2) is 4.98 Å². The van der Waals surface area contributed by atoms with Crippen LogP contribution in [-0.2, 0) is 11.3 Å². The molecular weight excluding hydrogens is 338 g/mol. The molecule has 3 rings (SSSR count). The summed E-state index contributed by atoms with van der Waals surface area (Å²) in [4.78, 5) is 16.4. The Morgan fingerprint density at radius 3 is 2.56 bits per heavy atom. The summed E-state index contributed by atoms with van der Waals surface area (Å²) in [6, 6.07) is 15.8. The van der Waals surface area contributed by atoms with Crippen molar-refractivity contribution in [1.82, 2.24) is 14.9 Å². The number of nitrogens with one attached hydrogen (secondary N) is 1. The van der Waals surface area contributed by atoms with E-state index in [0.29, 0.717) is 18.2 Å². The second-order valence-corrected chi connectivity index (χ2v) is 6.76. The monoisotopic (exact) mass is 363 g/mol. The second-order valence-electron chi connectivity index (χ2n) is 6.76. The van der Waals surface area contributed by atoms with E-state index in [4.69, 9.17) is 4.74 Å². The van der Waals surface area contributed by atoms with Crippen molar-refractivity contribution in [2.75, 3.05) is 6.61 Å². The number of carbonyl (C=O) groups is 1. The maximum absolute atomic E-state index is 12.2. The van der Waals surface area contributed by atoms with E-state index in [0.717, 1.165) is 17.1 Å². The first kappa shape index (κ1) is 18.7. The highest BCUT2D eigenvalue weighted by molar-refractivity contribution is 5.77. The number of imidazole rings is 1. The fourth-order valence-corrected chi connectivity index (χ4v) is 2.87. The van der Waals surface area contributed by atoms with Crippen LogP contribution in [0.3, 0.4) is 0 Å². The Bertz CT molecular complexity index is 898. The van der Waals surface area contributed by atoms with Gasteiger partial charge in [0, 0.05) is 18.9 Å².